The van der Waals surface area contributed by atoms with Gasteiger partial charge in [-0.15, -0.1) is 0 Å². The van der Waals surface area contributed by atoms with Crippen molar-refractivity contribution in [2.45, 2.75) is 26.3 Å². The van der Waals surface area contributed by atoms with Crippen LogP contribution in [0.15, 0.2) is 23.2 Å². The predicted molar refractivity (Wildman–Crippen MR) is 88.7 cm³/mol. The number of rotatable bonds is 6. The van der Waals surface area contributed by atoms with E-state index < -0.39 is 17.7 Å². The van der Waals surface area contributed by atoms with Crippen LogP contribution in [0.5, 0.6) is 0 Å². The van der Waals surface area contributed by atoms with Gasteiger partial charge in [0.05, 0.1) is 23.7 Å². The fraction of sp³-hybridized carbons (Fsp3) is 0.375. The number of aliphatic carboxylic acids is 1. The Morgan fingerprint density at radius 1 is 1.42 bits per heavy atom. The van der Waals surface area contributed by atoms with E-state index in [0.29, 0.717) is 22.8 Å². The number of amides is 1. The Labute approximate surface area is 144 Å². The summed E-state index contributed by atoms with van der Waals surface area (Å²) in [6, 6.07) is 4.05. The molecule has 0 aliphatic carbocycles. The number of carbonyl (C=O) groups excluding carboxylic acids is 1. The Hall–Kier alpha value is -2.12. The van der Waals surface area contributed by atoms with Crippen LogP contribution in [0.1, 0.15) is 36.2 Å². The van der Waals surface area contributed by atoms with Crippen molar-refractivity contribution >= 4 is 29.2 Å². The Morgan fingerprint density at radius 3 is 2.75 bits per heavy atom. The molecule has 0 atom stereocenters. The van der Waals surface area contributed by atoms with E-state index >= 15 is 0 Å². The number of hydrazine groups is 1. The molecule has 6 nitrogen and oxygen atoms in total. The van der Waals surface area contributed by atoms with Gasteiger partial charge in [0, 0.05) is 23.7 Å². The van der Waals surface area contributed by atoms with Gasteiger partial charge in [-0.2, -0.15) is 0 Å². The summed E-state index contributed by atoms with van der Waals surface area (Å²) in [5.41, 5.74) is 4.34. The Kier molecular flexibility index (Phi) is 5.80. The fourth-order valence-electron chi connectivity index (χ4n) is 2.43. The van der Waals surface area contributed by atoms with Crippen molar-refractivity contribution in [3.05, 3.63) is 40.2 Å². The molecule has 0 unspecified atom stereocenters. The quantitative estimate of drug-likeness (QED) is 0.728. The molecule has 1 aliphatic rings. The van der Waals surface area contributed by atoms with Crippen molar-refractivity contribution in [3.8, 4) is 0 Å². The summed E-state index contributed by atoms with van der Waals surface area (Å²) in [4.78, 5) is 22.6. The van der Waals surface area contributed by atoms with E-state index in [-0.39, 0.29) is 24.6 Å². The zero-order chi connectivity index (χ0) is 17.9. The first-order valence-corrected chi connectivity index (χ1v) is 7.89. The summed E-state index contributed by atoms with van der Waals surface area (Å²) >= 11 is 6.24. The molecule has 1 aliphatic heterocycles. The van der Waals surface area contributed by atoms with Gasteiger partial charge >= 0.3 is 5.97 Å². The van der Waals surface area contributed by atoms with Crippen LogP contribution in [0.3, 0.4) is 0 Å². The molecule has 1 amide bonds. The molecule has 0 spiro atoms. The van der Waals surface area contributed by atoms with Gasteiger partial charge < -0.3 is 15.4 Å². The van der Waals surface area contributed by atoms with Gasteiger partial charge in [-0.25, -0.2) is 9.82 Å². The SMILES string of the molecule is CC(C)N1NCC(Cl)=C1c1cc(F)cc(C(=O)NCCC(=O)O)c1. The van der Waals surface area contributed by atoms with E-state index in [1.807, 2.05) is 18.9 Å². The molecule has 0 saturated carbocycles. The molecule has 130 valence electrons. The number of hydrogen-bond acceptors (Lipinski definition) is 4. The van der Waals surface area contributed by atoms with Crippen molar-refractivity contribution < 1.29 is 19.1 Å². The molecule has 0 fully saturated rings. The van der Waals surface area contributed by atoms with Crippen molar-refractivity contribution in [3.63, 3.8) is 0 Å². The summed E-state index contributed by atoms with van der Waals surface area (Å²) in [7, 11) is 0. The molecule has 3 N–H and O–H groups in total. The third-order valence-electron chi connectivity index (χ3n) is 3.48. The molecule has 1 aromatic carbocycles. The van der Waals surface area contributed by atoms with Crippen LogP contribution in [0.4, 0.5) is 4.39 Å². The first kappa shape index (κ1) is 18.2. The van der Waals surface area contributed by atoms with Gasteiger partial charge in [-0.1, -0.05) is 11.6 Å². The van der Waals surface area contributed by atoms with Crippen LogP contribution in [-0.2, 0) is 4.79 Å². The lowest BCUT2D eigenvalue weighted by Crippen LogP contribution is -2.37. The topological polar surface area (TPSA) is 81.7 Å². The maximum atomic E-state index is 14.0. The number of halogens is 2. The maximum absolute atomic E-state index is 14.0. The van der Waals surface area contributed by atoms with E-state index in [1.165, 1.54) is 6.07 Å². The number of carbonyl (C=O) groups is 2. The van der Waals surface area contributed by atoms with Crippen molar-refractivity contribution in [1.82, 2.24) is 15.8 Å². The molecule has 0 aromatic heterocycles. The van der Waals surface area contributed by atoms with E-state index in [4.69, 9.17) is 16.7 Å². The highest BCUT2D eigenvalue weighted by molar-refractivity contribution is 6.33. The number of carboxylic acids is 1. The first-order chi connectivity index (χ1) is 11.3. The van der Waals surface area contributed by atoms with E-state index in [0.717, 1.165) is 6.07 Å². The molecule has 0 saturated heterocycles. The lowest BCUT2D eigenvalue weighted by molar-refractivity contribution is -0.136. The molecular formula is C16H19ClFN3O3. The van der Waals surface area contributed by atoms with Gasteiger partial charge in [0.2, 0.25) is 0 Å². The van der Waals surface area contributed by atoms with Crippen LogP contribution in [0.2, 0.25) is 0 Å². The summed E-state index contributed by atoms with van der Waals surface area (Å²) in [5, 5.41) is 13.4. The number of carboxylic acid groups (broad SMARTS) is 1. The fourth-order valence-corrected chi connectivity index (χ4v) is 2.69. The normalized spacial score (nSPS) is 14.5. The summed E-state index contributed by atoms with van der Waals surface area (Å²) in [6.07, 6.45) is -0.198. The van der Waals surface area contributed by atoms with Gasteiger partial charge in [0.15, 0.2) is 0 Å². The standard InChI is InChI=1S/C16H19ClFN3O3/c1-9(2)21-15(13(17)8-20-21)10-5-11(7-12(18)6-10)16(24)19-4-3-14(22)23/h5-7,9,20H,3-4,8H2,1-2H3,(H,19,24)(H,22,23). The van der Waals surface area contributed by atoms with Crippen molar-refractivity contribution in [1.29, 1.82) is 0 Å². The van der Waals surface area contributed by atoms with Crippen molar-refractivity contribution in [2.24, 2.45) is 0 Å². The predicted octanol–water partition coefficient (Wildman–Crippen LogP) is 2.17. The summed E-state index contributed by atoms with van der Waals surface area (Å²) < 4.78 is 14.0. The highest BCUT2D eigenvalue weighted by Gasteiger charge is 2.25. The van der Waals surface area contributed by atoms with Gasteiger partial charge in [0.25, 0.3) is 5.91 Å². The molecule has 1 heterocycles. The third-order valence-corrected chi connectivity index (χ3v) is 3.79. The number of nitrogens with one attached hydrogen (secondary N) is 2. The average molecular weight is 356 g/mol. The molecule has 24 heavy (non-hydrogen) atoms. The summed E-state index contributed by atoms with van der Waals surface area (Å²) in [5.74, 6) is -2.11. The second-order valence-electron chi connectivity index (χ2n) is 5.68. The minimum absolute atomic E-state index is 0.0247. The van der Waals surface area contributed by atoms with E-state index in [2.05, 4.69) is 10.7 Å². The number of benzene rings is 1. The first-order valence-electron chi connectivity index (χ1n) is 7.52. The highest BCUT2D eigenvalue weighted by atomic mass is 35.5. The van der Waals surface area contributed by atoms with Crippen LogP contribution in [-0.4, -0.2) is 41.1 Å². The highest BCUT2D eigenvalue weighted by Crippen LogP contribution is 2.31. The van der Waals surface area contributed by atoms with E-state index in [1.54, 1.807) is 6.07 Å². The molecule has 0 radical (unpaired) electrons. The second-order valence-corrected chi connectivity index (χ2v) is 6.14. The molecule has 1 aromatic rings. The van der Waals surface area contributed by atoms with Crippen molar-refractivity contribution in [2.75, 3.05) is 13.1 Å². The van der Waals surface area contributed by atoms with Crippen LogP contribution >= 0.6 is 11.6 Å². The maximum Gasteiger partial charge on any atom is 0.305 e. The molecule has 2 rings (SSSR count). The second kappa shape index (κ2) is 7.63. The lowest BCUT2D eigenvalue weighted by Gasteiger charge is -2.26. The smallest absolute Gasteiger partial charge is 0.305 e. The third kappa shape index (κ3) is 4.24. The van der Waals surface area contributed by atoms with E-state index in [9.17, 15) is 14.0 Å². The Balaban J connectivity index is 2.27. The molecule has 8 heteroatoms. The number of hydrogen-bond donors (Lipinski definition) is 3. The van der Waals surface area contributed by atoms with Crippen LogP contribution in [0, 0.1) is 5.82 Å². The monoisotopic (exact) mass is 355 g/mol. The van der Waals surface area contributed by atoms with Crippen LogP contribution < -0.4 is 10.7 Å². The average Bonchev–Trinajstić information content (AvgIpc) is 2.88. The molecular weight excluding hydrogens is 337 g/mol. The van der Waals surface area contributed by atoms with Gasteiger partial charge in [-0.3, -0.25) is 9.59 Å². The van der Waals surface area contributed by atoms with Gasteiger partial charge in [-0.05, 0) is 32.0 Å². The number of nitrogens with zero attached hydrogens (tertiary/aromatic N) is 1. The van der Waals surface area contributed by atoms with Gasteiger partial charge in [0.1, 0.15) is 5.82 Å². The minimum Gasteiger partial charge on any atom is -0.481 e. The minimum atomic E-state index is -1.02. The Bertz CT molecular complexity index is 691. The lowest BCUT2D eigenvalue weighted by atomic mass is 10.1. The molecule has 0 bridgehead atoms. The Morgan fingerprint density at radius 2 is 2.12 bits per heavy atom. The summed E-state index contributed by atoms with van der Waals surface area (Å²) in [6.45, 7) is 4.33. The van der Waals surface area contributed by atoms with Crippen LogP contribution in [0.25, 0.3) is 5.70 Å². The zero-order valence-electron chi connectivity index (χ0n) is 13.4. The zero-order valence-corrected chi connectivity index (χ0v) is 14.2. The largest absolute Gasteiger partial charge is 0.481 e.